The van der Waals surface area contributed by atoms with Crippen molar-refractivity contribution in [2.24, 2.45) is 0 Å². The smallest absolute Gasteiger partial charge is 0.276 e. The van der Waals surface area contributed by atoms with Crippen LogP contribution in [0.4, 0.5) is 0 Å². The maximum atomic E-state index is 12.8. The molecule has 0 unspecified atom stereocenters. The summed E-state index contributed by atoms with van der Waals surface area (Å²) in [6.45, 7) is 1.60. The number of likely N-dealkylation sites (tertiary alicyclic amines) is 1. The van der Waals surface area contributed by atoms with Crippen LogP contribution in [0.2, 0.25) is 0 Å². The van der Waals surface area contributed by atoms with E-state index in [0.717, 1.165) is 57.4 Å². The Hall–Kier alpha value is -1.36. The highest BCUT2D eigenvalue weighted by molar-refractivity contribution is 5.93. The first-order chi connectivity index (χ1) is 10.3. The molecule has 2 aliphatic rings. The molecule has 2 heterocycles. The molecule has 1 amide bonds. The number of rotatable bonds is 6. The molecule has 116 valence electrons. The third kappa shape index (κ3) is 3.28. The Morgan fingerprint density at radius 3 is 3.05 bits per heavy atom. The van der Waals surface area contributed by atoms with Gasteiger partial charge in [0.1, 0.15) is 5.76 Å². The Balaban J connectivity index is 1.69. The normalized spacial score (nSPS) is 22.5. The second-order valence-corrected chi connectivity index (χ2v) is 6.12. The van der Waals surface area contributed by atoms with E-state index in [1.807, 2.05) is 4.90 Å². The molecule has 1 aliphatic carbocycles. The summed E-state index contributed by atoms with van der Waals surface area (Å²) in [4.78, 5) is 19.0. The van der Waals surface area contributed by atoms with E-state index in [4.69, 9.17) is 9.15 Å². The fraction of sp³-hybridized carbons (Fsp3) is 0.750. The Labute approximate surface area is 125 Å². The van der Waals surface area contributed by atoms with Gasteiger partial charge in [-0.25, -0.2) is 4.98 Å². The maximum Gasteiger partial charge on any atom is 0.276 e. The van der Waals surface area contributed by atoms with Gasteiger partial charge >= 0.3 is 0 Å². The zero-order valence-electron chi connectivity index (χ0n) is 12.7. The summed E-state index contributed by atoms with van der Waals surface area (Å²) in [6.07, 6.45) is 9.05. The molecule has 0 aromatic carbocycles. The molecule has 1 saturated carbocycles. The molecule has 5 heteroatoms. The lowest BCUT2D eigenvalue weighted by Crippen LogP contribution is -2.44. The van der Waals surface area contributed by atoms with E-state index in [1.54, 1.807) is 7.11 Å². The zero-order valence-corrected chi connectivity index (χ0v) is 12.7. The SMILES string of the molecule is COCCC[C@H]1CCCCN1C(=O)c1ncoc1C1CC1. The van der Waals surface area contributed by atoms with Gasteiger partial charge in [-0.2, -0.15) is 0 Å². The van der Waals surface area contributed by atoms with Crippen LogP contribution in [0.5, 0.6) is 0 Å². The number of piperidine rings is 1. The van der Waals surface area contributed by atoms with Crippen molar-refractivity contribution >= 4 is 5.91 Å². The van der Waals surface area contributed by atoms with Crippen LogP contribution in [0.15, 0.2) is 10.8 Å². The minimum Gasteiger partial charge on any atom is -0.447 e. The molecular weight excluding hydrogens is 268 g/mol. The monoisotopic (exact) mass is 292 g/mol. The average molecular weight is 292 g/mol. The van der Waals surface area contributed by atoms with E-state index in [-0.39, 0.29) is 5.91 Å². The zero-order chi connectivity index (χ0) is 14.7. The highest BCUT2D eigenvalue weighted by Gasteiger charge is 2.36. The third-order valence-corrected chi connectivity index (χ3v) is 4.52. The number of carbonyl (C=O) groups excluding carboxylic acids is 1. The standard InChI is InChI=1S/C16H24N2O3/c1-20-10-4-6-13-5-2-3-9-18(13)16(19)14-15(12-7-8-12)21-11-17-14/h11-13H,2-10H2,1H3/t13-/m1/s1. The molecule has 0 bridgehead atoms. The largest absolute Gasteiger partial charge is 0.447 e. The van der Waals surface area contributed by atoms with Gasteiger partial charge in [-0.1, -0.05) is 0 Å². The van der Waals surface area contributed by atoms with Gasteiger partial charge in [0.05, 0.1) is 0 Å². The Morgan fingerprint density at radius 2 is 2.29 bits per heavy atom. The molecule has 0 N–H and O–H groups in total. The Morgan fingerprint density at radius 1 is 1.43 bits per heavy atom. The van der Waals surface area contributed by atoms with Crippen LogP contribution in [-0.2, 0) is 4.74 Å². The van der Waals surface area contributed by atoms with Gasteiger partial charge in [0, 0.05) is 32.2 Å². The summed E-state index contributed by atoms with van der Waals surface area (Å²) < 4.78 is 10.6. The lowest BCUT2D eigenvalue weighted by atomic mass is 9.97. The number of hydrogen-bond donors (Lipinski definition) is 0. The predicted molar refractivity (Wildman–Crippen MR) is 78.3 cm³/mol. The van der Waals surface area contributed by atoms with Crippen molar-refractivity contribution < 1.29 is 13.9 Å². The van der Waals surface area contributed by atoms with Crippen LogP contribution < -0.4 is 0 Å². The van der Waals surface area contributed by atoms with Gasteiger partial charge < -0.3 is 14.1 Å². The second kappa shape index (κ2) is 6.60. The summed E-state index contributed by atoms with van der Waals surface area (Å²) in [5.74, 6) is 1.29. The molecule has 21 heavy (non-hydrogen) atoms. The number of methoxy groups -OCH3 is 1. The minimum absolute atomic E-state index is 0.0627. The summed E-state index contributed by atoms with van der Waals surface area (Å²) in [5, 5.41) is 0. The number of hydrogen-bond acceptors (Lipinski definition) is 4. The molecule has 1 saturated heterocycles. The van der Waals surface area contributed by atoms with Crippen LogP contribution >= 0.6 is 0 Å². The van der Waals surface area contributed by atoms with Gasteiger partial charge in [0.15, 0.2) is 12.1 Å². The lowest BCUT2D eigenvalue weighted by molar-refractivity contribution is 0.0577. The van der Waals surface area contributed by atoms with E-state index in [9.17, 15) is 4.79 Å². The highest BCUT2D eigenvalue weighted by atomic mass is 16.5. The maximum absolute atomic E-state index is 12.8. The fourth-order valence-electron chi connectivity index (χ4n) is 3.22. The molecule has 1 aliphatic heterocycles. The van der Waals surface area contributed by atoms with E-state index >= 15 is 0 Å². The minimum atomic E-state index is 0.0627. The van der Waals surface area contributed by atoms with Crippen LogP contribution in [0.1, 0.15) is 67.1 Å². The summed E-state index contributed by atoms with van der Waals surface area (Å²) in [7, 11) is 1.72. The summed E-state index contributed by atoms with van der Waals surface area (Å²) in [6, 6.07) is 0.324. The highest BCUT2D eigenvalue weighted by Crippen LogP contribution is 2.42. The van der Waals surface area contributed by atoms with Gasteiger partial charge in [-0.3, -0.25) is 4.79 Å². The summed E-state index contributed by atoms with van der Waals surface area (Å²) in [5.41, 5.74) is 0.552. The van der Waals surface area contributed by atoms with E-state index in [1.165, 1.54) is 12.8 Å². The molecule has 1 aromatic rings. The average Bonchev–Trinajstić information content (AvgIpc) is 3.24. The molecule has 0 spiro atoms. The third-order valence-electron chi connectivity index (χ3n) is 4.52. The van der Waals surface area contributed by atoms with Gasteiger partial charge in [0.25, 0.3) is 5.91 Å². The van der Waals surface area contributed by atoms with Crippen molar-refractivity contribution in [3.05, 3.63) is 17.8 Å². The predicted octanol–water partition coefficient (Wildman–Crippen LogP) is 2.97. The number of oxazole rings is 1. The van der Waals surface area contributed by atoms with Crippen LogP contribution in [0.25, 0.3) is 0 Å². The van der Waals surface area contributed by atoms with Crippen molar-refractivity contribution in [3.8, 4) is 0 Å². The molecule has 1 aromatic heterocycles. The van der Waals surface area contributed by atoms with Crippen LogP contribution in [0, 0.1) is 0 Å². The molecule has 5 nitrogen and oxygen atoms in total. The van der Waals surface area contributed by atoms with Gasteiger partial charge in [-0.05, 0) is 44.9 Å². The first kappa shape index (κ1) is 14.6. The van der Waals surface area contributed by atoms with E-state index < -0.39 is 0 Å². The number of ether oxygens (including phenoxy) is 1. The van der Waals surface area contributed by atoms with Crippen molar-refractivity contribution in [1.82, 2.24) is 9.88 Å². The van der Waals surface area contributed by atoms with Gasteiger partial charge in [-0.15, -0.1) is 0 Å². The van der Waals surface area contributed by atoms with E-state index in [2.05, 4.69) is 4.98 Å². The second-order valence-electron chi connectivity index (χ2n) is 6.12. The van der Waals surface area contributed by atoms with Crippen molar-refractivity contribution in [2.45, 2.75) is 56.9 Å². The molecule has 2 fully saturated rings. The van der Waals surface area contributed by atoms with E-state index in [0.29, 0.717) is 17.7 Å². The lowest BCUT2D eigenvalue weighted by Gasteiger charge is -2.35. The number of amides is 1. The number of carbonyl (C=O) groups is 1. The Bertz CT molecular complexity index is 482. The Kier molecular flexibility index (Phi) is 4.58. The summed E-state index contributed by atoms with van der Waals surface area (Å²) >= 11 is 0. The fourth-order valence-corrected chi connectivity index (χ4v) is 3.22. The number of nitrogens with zero attached hydrogens (tertiary/aromatic N) is 2. The topological polar surface area (TPSA) is 55.6 Å². The molecule has 1 atom stereocenters. The first-order valence-electron chi connectivity index (χ1n) is 8.04. The molecule has 3 rings (SSSR count). The van der Waals surface area contributed by atoms with Crippen LogP contribution in [0.3, 0.4) is 0 Å². The molecular formula is C16H24N2O3. The first-order valence-corrected chi connectivity index (χ1v) is 8.04. The molecule has 0 radical (unpaired) electrons. The van der Waals surface area contributed by atoms with Gasteiger partial charge in [0.2, 0.25) is 0 Å². The van der Waals surface area contributed by atoms with Crippen molar-refractivity contribution in [3.63, 3.8) is 0 Å². The quantitative estimate of drug-likeness (QED) is 0.756. The van der Waals surface area contributed by atoms with Crippen LogP contribution in [-0.4, -0.2) is 42.1 Å². The van der Waals surface area contributed by atoms with Crippen molar-refractivity contribution in [2.75, 3.05) is 20.3 Å². The number of aromatic nitrogens is 1. The van der Waals surface area contributed by atoms with Crippen molar-refractivity contribution in [1.29, 1.82) is 0 Å².